The Morgan fingerprint density at radius 2 is 2.35 bits per heavy atom. The fourth-order valence-electron chi connectivity index (χ4n) is 2.19. The van der Waals surface area contributed by atoms with Gasteiger partial charge >= 0.3 is 0 Å². The Kier molecular flexibility index (Phi) is 6.12. The third kappa shape index (κ3) is 5.26. The molecule has 98 valence electrons. The first-order valence-electron chi connectivity index (χ1n) is 6.54. The molecule has 2 N–H and O–H groups in total. The van der Waals surface area contributed by atoms with Crippen molar-refractivity contribution in [1.29, 1.82) is 0 Å². The van der Waals surface area contributed by atoms with Crippen LogP contribution in [-0.4, -0.2) is 25.7 Å². The molecule has 3 nitrogen and oxygen atoms in total. The van der Waals surface area contributed by atoms with Gasteiger partial charge in [-0.3, -0.25) is 0 Å². The molecule has 0 radical (unpaired) electrons. The normalized spacial score (nSPS) is 22.4. The molecule has 0 fully saturated rings. The van der Waals surface area contributed by atoms with Crippen molar-refractivity contribution in [3.63, 3.8) is 0 Å². The van der Waals surface area contributed by atoms with E-state index in [2.05, 4.69) is 43.6 Å². The van der Waals surface area contributed by atoms with Crippen molar-refractivity contribution in [3.8, 4) is 0 Å². The Morgan fingerprint density at radius 3 is 2.94 bits per heavy atom. The van der Waals surface area contributed by atoms with Gasteiger partial charge in [0.25, 0.3) is 0 Å². The number of hydrogen-bond donors (Lipinski definition) is 2. The number of likely N-dealkylation sites (N-methyl/N-ethyl adjacent to an activating group) is 1. The highest BCUT2D eigenvalue weighted by atomic mass is 16.5. The maximum absolute atomic E-state index is 5.76. The monoisotopic (exact) mass is 238 g/mol. The maximum Gasteiger partial charge on any atom is 0.112 e. The first-order chi connectivity index (χ1) is 8.15. The van der Waals surface area contributed by atoms with Crippen molar-refractivity contribution < 1.29 is 4.74 Å². The lowest BCUT2D eigenvalue weighted by Gasteiger charge is -2.27. The van der Waals surface area contributed by atoms with Crippen molar-refractivity contribution >= 4 is 0 Å². The van der Waals surface area contributed by atoms with Gasteiger partial charge in [-0.15, -0.1) is 0 Å². The molecule has 3 heteroatoms. The first-order valence-corrected chi connectivity index (χ1v) is 6.54. The van der Waals surface area contributed by atoms with E-state index in [0.29, 0.717) is 12.0 Å². The quantitative estimate of drug-likeness (QED) is 0.697. The van der Waals surface area contributed by atoms with Crippen molar-refractivity contribution in [3.05, 3.63) is 24.1 Å². The summed E-state index contributed by atoms with van der Waals surface area (Å²) < 4.78 is 5.76. The van der Waals surface area contributed by atoms with Crippen LogP contribution in [0.5, 0.6) is 0 Å². The summed E-state index contributed by atoms with van der Waals surface area (Å²) in [7, 11) is 2.02. The van der Waals surface area contributed by atoms with Crippen LogP contribution < -0.4 is 10.6 Å². The van der Waals surface area contributed by atoms with E-state index >= 15 is 0 Å². The SMILES string of the molecule is C/C=C/[C@H](C[C@@H]1CNC=C(OC(C)C)C1)NC. The number of allylic oxidation sites excluding steroid dienone is 2. The van der Waals surface area contributed by atoms with Gasteiger partial charge in [0.2, 0.25) is 0 Å². The minimum absolute atomic E-state index is 0.262. The van der Waals surface area contributed by atoms with E-state index in [1.54, 1.807) is 0 Å². The van der Waals surface area contributed by atoms with Gasteiger partial charge in [0.15, 0.2) is 0 Å². The molecule has 0 aromatic carbocycles. The number of ether oxygens (including phenoxy) is 1. The fourth-order valence-corrected chi connectivity index (χ4v) is 2.19. The minimum atomic E-state index is 0.262. The largest absolute Gasteiger partial charge is 0.494 e. The molecular formula is C14H26N2O. The zero-order chi connectivity index (χ0) is 12.7. The zero-order valence-corrected chi connectivity index (χ0v) is 11.5. The summed E-state index contributed by atoms with van der Waals surface area (Å²) in [6, 6.07) is 0.463. The van der Waals surface area contributed by atoms with E-state index < -0.39 is 0 Å². The predicted molar refractivity (Wildman–Crippen MR) is 72.7 cm³/mol. The van der Waals surface area contributed by atoms with Gasteiger partial charge in [-0.05, 0) is 40.2 Å². The van der Waals surface area contributed by atoms with Crippen LogP contribution in [-0.2, 0) is 4.74 Å². The van der Waals surface area contributed by atoms with Crippen LogP contribution in [0.4, 0.5) is 0 Å². The van der Waals surface area contributed by atoms with Gasteiger partial charge in [0.1, 0.15) is 5.76 Å². The third-order valence-corrected chi connectivity index (χ3v) is 2.93. The lowest BCUT2D eigenvalue weighted by atomic mass is 9.93. The van der Waals surface area contributed by atoms with Crippen LogP contribution in [0.3, 0.4) is 0 Å². The maximum atomic E-state index is 5.76. The highest BCUT2D eigenvalue weighted by Crippen LogP contribution is 2.22. The molecule has 2 atom stereocenters. The molecule has 0 amide bonds. The summed E-state index contributed by atoms with van der Waals surface area (Å²) >= 11 is 0. The van der Waals surface area contributed by atoms with Crippen LogP contribution in [0.2, 0.25) is 0 Å². The molecule has 1 heterocycles. The minimum Gasteiger partial charge on any atom is -0.494 e. The zero-order valence-electron chi connectivity index (χ0n) is 11.5. The van der Waals surface area contributed by atoms with Crippen LogP contribution in [0.25, 0.3) is 0 Å². The molecular weight excluding hydrogens is 212 g/mol. The average molecular weight is 238 g/mol. The van der Waals surface area contributed by atoms with E-state index in [1.165, 1.54) is 0 Å². The van der Waals surface area contributed by atoms with E-state index in [9.17, 15) is 0 Å². The molecule has 0 saturated heterocycles. The Labute approximate surface area is 105 Å². The van der Waals surface area contributed by atoms with E-state index in [4.69, 9.17) is 4.74 Å². The average Bonchev–Trinajstić information content (AvgIpc) is 2.28. The lowest BCUT2D eigenvalue weighted by molar-refractivity contribution is 0.124. The summed E-state index contributed by atoms with van der Waals surface area (Å²) in [5, 5.41) is 6.65. The molecule has 1 aliphatic rings. The molecule has 1 rings (SSSR count). The second-order valence-corrected chi connectivity index (χ2v) is 4.91. The van der Waals surface area contributed by atoms with Gasteiger partial charge < -0.3 is 15.4 Å². The molecule has 0 saturated carbocycles. The molecule has 0 unspecified atom stereocenters. The van der Waals surface area contributed by atoms with Crippen molar-refractivity contribution in [1.82, 2.24) is 10.6 Å². The molecule has 0 aromatic heterocycles. The molecule has 17 heavy (non-hydrogen) atoms. The summed E-state index contributed by atoms with van der Waals surface area (Å²) in [5.41, 5.74) is 0. The third-order valence-electron chi connectivity index (χ3n) is 2.93. The predicted octanol–water partition coefficient (Wildman–Crippen LogP) is 2.42. The van der Waals surface area contributed by atoms with Crippen molar-refractivity contribution in [2.45, 2.75) is 45.8 Å². The first kappa shape index (κ1) is 14.1. The van der Waals surface area contributed by atoms with E-state index in [-0.39, 0.29) is 6.10 Å². The summed E-state index contributed by atoms with van der Waals surface area (Å²) in [6.07, 6.45) is 8.80. The highest BCUT2D eigenvalue weighted by Gasteiger charge is 2.19. The van der Waals surface area contributed by atoms with Gasteiger partial charge in [-0.1, -0.05) is 12.2 Å². The molecule has 1 aliphatic heterocycles. The standard InChI is InChI=1S/C14H26N2O/c1-5-6-13(15-4)7-12-8-14(10-16-9-12)17-11(2)3/h5-6,10-13,15-16H,7-9H2,1-4H3/b6-5+/t12-,13+/m0/s1. The number of hydrogen-bond acceptors (Lipinski definition) is 3. The molecule has 0 bridgehead atoms. The Hall–Kier alpha value is -0.960. The van der Waals surface area contributed by atoms with Gasteiger partial charge in [-0.2, -0.15) is 0 Å². The van der Waals surface area contributed by atoms with E-state index in [0.717, 1.165) is 25.1 Å². The van der Waals surface area contributed by atoms with E-state index in [1.807, 2.05) is 13.2 Å². The second-order valence-electron chi connectivity index (χ2n) is 4.91. The topological polar surface area (TPSA) is 33.3 Å². The Balaban J connectivity index is 2.44. The van der Waals surface area contributed by atoms with Crippen LogP contribution >= 0.6 is 0 Å². The molecule has 0 spiro atoms. The summed E-state index contributed by atoms with van der Waals surface area (Å²) in [5.74, 6) is 1.73. The second kappa shape index (κ2) is 7.38. The summed E-state index contributed by atoms with van der Waals surface area (Å²) in [4.78, 5) is 0. The smallest absolute Gasteiger partial charge is 0.112 e. The van der Waals surface area contributed by atoms with Crippen LogP contribution in [0.1, 0.15) is 33.6 Å². The van der Waals surface area contributed by atoms with Gasteiger partial charge in [0.05, 0.1) is 6.10 Å². The molecule has 0 aliphatic carbocycles. The van der Waals surface area contributed by atoms with Crippen LogP contribution in [0, 0.1) is 5.92 Å². The van der Waals surface area contributed by atoms with Gasteiger partial charge in [-0.25, -0.2) is 0 Å². The molecule has 0 aromatic rings. The number of rotatable bonds is 6. The fraction of sp³-hybridized carbons (Fsp3) is 0.714. The van der Waals surface area contributed by atoms with Gasteiger partial charge in [0, 0.05) is 25.2 Å². The van der Waals surface area contributed by atoms with Crippen LogP contribution in [0.15, 0.2) is 24.1 Å². The Bertz CT molecular complexity index is 271. The summed E-state index contributed by atoms with van der Waals surface area (Å²) in [6.45, 7) is 7.25. The van der Waals surface area contributed by atoms with Crippen molar-refractivity contribution in [2.75, 3.05) is 13.6 Å². The number of nitrogens with one attached hydrogen (secondary N) is 2. The Morgan fingerprint density at radius 1 is 1.59 bits per heavy atom. The van der Waals surface area contributed by atoms with Crippen molar-refractivity contribution in [2.24, 2.45) is 5.92 Å². The highest BCUT2D eigenvalue weighted by molar-refractivity contribution is 5.01. The lowest BCUT2D eigenvalue weighted by Crippen LogP contribution is -2.32.